The summed E-state index contributed by atoms with van der Waals surface area (Å²) in [4.78, 5) is 0. The molecule has 102 valence electrons. The molecule has 1 unspecified atom stereocenters. The highest BCUT2D eigenvalue weighted by Gasteiger charge is 2.33. The fourth-order valence-electron chi connectivity index (χ4n) is 1.65. The van der Waals surface area contributed by atoms with Crippen molar-refractivity contribution in [1.82, 2.24) is 0 Å². The lowest BCUT2D eigenvalue weighted by Gasteiger charge is -2.18. The maximum absolute atomic E-state index is 13.5. The van der Waals surface area contributed by atoms with Crippen molar-refractivity contribution >= 4 is 29.6 Å². The maximum atomic E-state index is 13.5. The van der Waals surface area contributed by atoms with Crippen molar-refractivity contribution < 1.29 is 22.0 Å². The van der Waals surface area contributed by atoms with E-state index in [1.165, 1.54) is 0 Å². The Morgan fingerprint density at radius 1 is 0.889 bits per heavy atom. The lowest BCUT2D eigenvalue weighted by Crippen LogP contribution is -2.18. The minimum atomic E-state index is -2.63. The lowest BCUT2D eigenvalue weighted by molar-refractivity contribution is 0.368. The van der Waals surface area contributed by atoms with Crippen LogP contribution in [0.1, 0.15) is 30.9 Å². The van der Waals surface area contributed by atoms with E-state index in [4.69, 9.17) is 22.2 Å². The summed E-state index contributed by atoms with van der Waals surface area (Å²) in [7, 11) is -2.63. The van der Waals surface area contributed by atoms with E-state index in [-0.39, 0.29) is 6.42 Å². The molecule has 1 aromatic rings. The van der Waals surface area contributed by atoms with Gasteiger partial charge in [0, 0.05) is 11.1 Å². The van der Waals surface area contributed by atoms with E-state index in [0.29, 0.717) is 6.42 Å². The molecule has 8 heteroatoms. The Morgan fingerprint density at radius 2 is 1.28 bits per heavy atom. The molecule has 18 heavy (non-hydrogen) atoms. The van der Waals surface area contributed by atoms with Crippen LogP contribution in [0.3, 0.4) is 0 Å². The van der Waals surface area contributed by atoms with Gasteiger partial charge in [0.05, 0.1) is 0 Å². The molecule has 0 nitrogen and oxygen atoms in total. The van der Waals surface area contributed by atoms with Crippen LogP contribution in [0.4, 0.5) is 22.0 Å². The largest absolute Gasteiger partial charge is 0.244 e. The molecule has 0 N–H and O–H groups in total. The zero-order chi connectivity index (χ0) is 14.0. The van der Waals surface area contributed by atoms with Gasteiger partial charge in [-0.25, -0.2) is 22.0 Å². The van der Waals surface area contributed by atoms with Crippen molar-refractivity contribution in [3.05, 3.63) is 34.6 Å². The first-order valence-electron chi connectivity index (χ1n) is 5.12. The molecular formula is C10H9Cl2F5Si. The van der Waals surface area contributed by atoms with Crippen LogP contribution < -0.4 is 0 Å². The van der Waals surface area contributed by atoms with Crippen LogP contribution in [0, 0.1) is 29.1 Å². The molecule has 0 radical (unpaired) electrons. The van der Waals surface area contributed by atoms with Gasteiger partial charge in [-0.1, -0.05) is 13.3 Å². The summed E-state index contributed by atoms with van der Waals surface area (Å²) >= 11 is 11.4. The molecule has 0 aliphatic carbocycles. The third-order valence-electron chi connectivity index (χ3n) is 2.52. The fourth-order valence-corrected chi connectivity index (χ4v) is 4.30. The van der Waals surface area contributed by atoms with Crippen LogP contribution in [0.15, 0.2) is 0 Å². The van der Waals surface area contributed by atoms with E-state index in [2.05, 4.69) is 0 Å². The van der Waals surface area contributed by atoms with Crippen molar-refractivity contribution in [3.63, 3.8) is 0 Å². The summed E-state index contributed by atoms with van der Waals surface area (Å²) in [5, 5.41) is 0. The number of benzene rings is 1. The third-order valence-corrected chi connectivity index (χ3v) is 5.62. The highest BCUT2D eigenvalue weighted by Crippen LogP contribution is 2.35. The number of hydrogen-bond donors (Lipinski definition) is 0. The average molecular weight is 323 g/mol. The molecule has 0 aromatic heterocycles. The molecule has 0 aliphatic rings. The van der Waals surface area contributed by atoms with Gasteiger partial charge in [0.15, 0.2) is 23.3 Å². The average Bonchev–Trinajstić information content (AvgIpc) is 2.33. The summed E-state index contributed by atoms with van der Waals surface area (Å²) in [5.41, 5.74) is -1.90. The molecule has 0 heterocycles. The van der Waals surface area contributed by atoms with Gasteiger partial charge in [0.25, 0.3) is 0 Å². The quantitative estimate of drug-likeness (QED) is 0.252. The van der Waals surface area contributed by atoms with Gasteiger partial charge in [0.2, 0.25) is 13.2 Å². The normalized spacial score (nSPS) is 13.2. The molecule has 0 bridgehead atoms. The number of rotatable bonds is 4. The first-order valence-corrected chi connectivity index (χ1v) is 9.28. The second kappa shape index (κ2) is 6.21. The maximum Gasteiger partial charge on any atom is 0.244 e. The Labute approximate surface area is 112 Å². The third kappa shape index (κ3) is 2.80. The first-order chi connectivity index (χ1) is 8.32. The Morgan fingerprint density at radius 3 is 1.61 bits per heavy atom. The Balaban J connectivity index is 3.47. The van der Waals surface area contributed by atoms with Gasteiger partial charge in [-0.05, 0) is 6.42 Å². The van der Waals surface area contributed by atoms with Crippen LogP contribution in [-0.4, -0.2) is 7.42 Å². The van der Waals surface area contributed by atoms with Crippen LogP contribution in [-0.2, 0) is 0 Å². The molecule has 0 spiro atoms. The second-order valence-corrected chi connectivity index (χ2v) is 8.68. The van der Waals surface area contributed by atoms with Crippen molar-refractivity contribution in [2.24, 2.45) is 0 Å². The van der Waals surface area contributed by atoms with E-state index >= 15 is 0 Å². The molecular weight excluding hydrogens is 314 g/mol. The Hall–Kier alpha value is -0.333. The molecule has 1 aromatic carbocycles. The minimum absolute atomic E-state index is 0.169. The Bertz CT molecular complexity index is 423. The van der Waals surface area contributed by atoms with Crippen LogP contribution in [0.25, 0.3) is 0 Å². The standard InChI is InChI=1S/C10H9Cl2F5Si/c1-2-3-4(18(11)12)5-6(13)8(15)10(17)9(16)7(5)14/h4,18H,2-3H2,1H3. The van der Waals surface area contributed by atoms with Gasteiger partial charge in [-0.3, -0.25) is 0 Å². The van der Waals surface area contributed by atoms with Gasteiger partial charge in [-0.15, -0.1) is 22.2 Å². The van der Waals surface area contributed by atoms with Crippen LogP contribution in [0.5, 0.6) is 0 Å². The topological polar surface area (TPSA) is 0 Å². The van der Waals surface area contributed by atoms with E-state index < -0.39 is 47.6 Å². The summed E-state index contributed by atoms with van der Waals surface area (Å²) < 4.78 is 66.0. The van der Waals surface area contributed by atoms with E-state index in [1.807, 2.05) is 0 Å². The predicted molar refractivity (Wildman–Crippen MR) is 62.7 cm³/mol. The van der Waals surface area contributed by atoms with E-state index in [1.54, 1.807) is 6.92 Å². The van der Waals surface area contributed by atoms with Crippen LogP contribution in [0.2, 0.25) is 0 Å². The molecule has 0 aliphatic heterocycles. The molecule has 1 rings (SSSR count). The minimum Gasteiger partial charge on any atom is -0.203 e. The number of halogens is 7. The number of hydrogen-bond acceptors (Lipinski definition) is 0. The molecule has 0 fully saturated rings. The SMILES string of the molecule is CCCC(c1c(F)c(F)c(F)c(F)c1F)[SiH](Cl)Cl. The van der Waals surface area contributed by atoms with Gasteiger partial charge in [0.1, 0.15) is 0 Å². The summed E-state index contributed by atoms with van der Waals surface area (Å²) in [6, 6.07) is 0. The van der Waals surface area contributed by atoms with Crippen molar-refractivity contribution in [3.8, 4) is 0 Å². The zero-order valence-electron chi connectivity index (χ0n) is 9.21. The van der Waals surface area contributed by atoms with Crippen molar-refractivity contribution in [2.45, 2.75) is 25.3 Å². The first kappa shape index (κ1) is 15.7. The molecule has 0 amide bonds. The Kier molecular flexibility index (Phi) is 5.42. The monoisotopic (exact) mass is 322 g/mol. The highest BCUT2D eigenvalue weighted by molar-refractivity contribution is 7.34. The summed E-state index contributed by atoms with van der Waals surface area (Å²) in [6.07, 6.45) is 0.634. The second-order valence-electron chi connectivity index (χ2n) is 3.71. The van der Waals surface area contributed by atoms with Gasteiger partial charge in [-0.2, -0.15) is 0 Å². The molecule has 1 atom stereocenters. The van der Waals surface area contributed by atoms with E-state index in [0.717, 1.165) is 0 Å². The molecule has 0 saturated carbocycles. The van der Waals surface area contributed by atoms with Gasteiger partial charge < -0.3 is 0 Å². The van der Waals surface area contributed by atoms with E-state index in [9.17, 15) is 22.0 Å². The van der Waals surface area contributed by atoms with Crippen molar-refractivity contribution in [2.75, 3.05) is 0 Å². The lowest BCUT2D eigenvalue weighted by atomic mass is 10.1. The van der Waals surface area contributed by atoms with Crippen molar-refractivity contribution in [1.29, 1.82) is 0 Å². The zero-order valence-corrected chi connectivity index (χ0v) is 11.9. The molecule has 0 saturated heterocycles. The highest BCUT2D eigenvalue weighted by atomic mass is 35.7. The smallest absolute Gasteiger partial charge is 0.203 e. The summed E-state index contributed by atoms with van der Waals surface area (Å²) in [6.45, 7) is 1.70. The predicted octanol–water partition coefficient (Wildman–Crippen LogP) is 4.50. The van der Waals surface area contributed by atoms with Crippen LogP contribution >= 0.6 is 22.2 Å². The van der Waals surface area contributed by atoms with Gasteiger partial charge >= 0.3 is 0 Å². The fraction of sp³-hybridized carbons (Fsp3) is 0.400. The summed E-state index contributed by atoms with van der Waals surface area (Å²) in [5.74, 6) is -9.79.